The first-order chi connectivity index (χ1) is 17.9. The minimum atomic E-state index is -4.38. The molecule has 14 heteroatoms. The monoisotopic (exact) mass is 553 g/mol. The van der Waals surface area contributed by atoms with Crippen molar-refractivity contribution in [1.82, 2.24) is 14.6 Å². The zero-order chi connectivity index (χ0) is 27.7. The zero-order valence-electron chi connectivity index (χ0n) is 21.4. The maximum Gasteiger partial charge on any atom is 0.459 e. The molecule has 0 aliphatic carbocycles. The topological polar surface area (TPSA) is 167 Å². The highest BCUT2D eigenvalue weighted by atomic mass is 31.2. The quantitative estimate of drug-likeness (QED) is 0.288. The van der Waals surface area contributed by atoms with E-state index in [1.54, 1.807) is 51.1 Å². The second kappa shape index (κ2) is 11.1. The number of carbonyl (C=O) groups is 1. The van der Waals surface area contributed by atoms with Gasteiger partial charge >= 0.3 is 19.4 Å². The molecule has 13 nitrogen and oxygen atoms in total. The predicted octanol–water partition coefficient (Wildman–Crippen LogP) is 1.48. The maximum absolute atomic E-state index is 14.2. The molecule has 2 aliphatic heterocycles. The van der Waals surface area contributed by atoms with Gasteiger partial charge in [-0.2, -0.15) is 5.09 Å². The number of aromatic nitrogens is 2. The van der Waals surface area contributed by atoms with Gasteiger partial charge < -0.3 is 23.8 Å². The second-order valence-corrected chi connectivity index (χ2v) is 11.3. The Labute approximate surface area is 218 Å². The van der Waals surface area contributed by atoms with E-state index in [-0.39, 0.29) is 12.2 Å². The SMILES string of the molecule is CC(C)OC(=O)[C@H](C)N[P@@](=O)(Oc1ccccc1)O[C@H]1[C@H]2O[C@@H](C)C[C@]1(CO)O[C@H]2n1ccc(=O)[nH]c1=O. The van der Waals surface area contributed by atoms with Crippen LogP contribution in [0.4, 0.5) is 0 Å². The van der Waals surface area contributed by atoms with Crippen molar-refractivity contribution in [3.05, 3.63) is 63.4 Å². The van der Waals surface area contributed by atoms with Gasteiger partial charge in [0, 0.05) is 18.7 Å². The van der Waals surface area contributed by atoms with Crippen LogP contribution in [0.15, 0.2) is 52.2 Å². The summed E-state index contributed by atoms with van der Waals surface area (Å²) in [6.07, 6.45) is -2.83. The third-order valence-electron chi connectivity index (χ3n) is 6.15. The molecule has 2 fully saturated rings. The molecule has 2 saturated heterocycles. The lowest BCUT2D eigenvalue weighted by Crippen LogP contribution is -2.55. The molecule has 4 rings (SSSR count). The lowest BCUT2D eigenvalue weighted by Gasteiger charge is -2.41. The average Bonchev–Trinajstić information content (AvgIpc) is 3.01. The Balaban J connectivity index is 1.70. The van der Waals surface area contributed by atoms with Crippen LogP contribution < -0.4 is 20.9 Å². The largest absolute Gasteiger partial charge is 0.462 e. The molecule has 1 aromatic heterocycles. The van der Waals surface area contributed by atoms with Crippen LogP contribution in [-0.4, -0.2) is 63.3 Å². The number of carbonyl (C=O) groups excluding carboxylic acids is 1. The number of nitrogens with one attached hydrogen (secondary N) is 2. The van der Waals surface area contributed by atoms with Crippen molar-refractivity contribution < 1.29 is 37.7 Å². The molecule has 0 unspecified atom stereocenters. The molecule has 2 aliphatic rings. The number of rotatable bonds is 10. The maximum atomic E-state index is 14.2. The molecule has 0 spiro atoms. The van der Waals surface area contributed by atoms with E-state index in [0.29, 0.717) is 0 Å². The first-order valence-corrected chi connectivity index (χ1v) is 13.8. The number of ether oxygens (including phenoxy) is 3. The summed E-state index contributed by atoms with van der Waals surface area (Å²) >= 11 is 0. The third-order valence-corrected chi connectivity index (χ3v) is 7.81. The molecule has 0 saturated carbocycles. The zero-order valence-corrected chi connectivity index (χ0v) is 22.3. The fourth-order valence-corrected chi connectivity index (χ4v) is 6.34. The number of fused-ring (bicyclic) bond motifs is 2. The van der Waals surface area contributed by atoms with Gasteiger partial charge in [-0.1, -0.05) is 18.2 Å². The van der Waals surface area contributed by atoms with E-state index >= 15 is 0 Å². The molecule has 7 atom stereocenters. The third kappa shape index (κ3) is 5.93. The molecule has 38 heavy (non-hydrogen) atoms. The number of benzene rings is 1. The summed E-state index contributed by atoms with van der Waals surface area (Å²) in [5.74, 6) is -0.486. The van der Waals surface area contributed by atoms with Crippen LogP contribution in [-0.2, 0) is 28.1 Å². The Morgan fingerprint density at radius 3 is 2.61 bits per heavy atom. The van der Waals surface area contributed by atoms with Crippen LogP contribution in [0.25, 0.3) is 0 Å². The minimum Gasteiger partial charge on any atom is -0.462 e. The van der Waals surface area contributed by atoms with Gasteiger partial charge in [-0.25, -0.2) is 9.36 Å². The molecule has 2 bridgehead atoms. The van der Waals surface area contributed by atoms with E-state index < -0.39 is 73.9 Å². The second-order valence-electron chi connectivity index (χ2n) is 9.63. The molecule has 208 valence electrons. The first-order valence-electron chi connectivity index (χ1n) is 12.2. The number of H-pyrrole nitrogens is 1. The standard InChI is InChI=1S/C24H32N3O10P/c1-14(2)33-22(30)16(4)26-38(32,36-17-8-6-5-7-9-17)37-20-19-21(27-11-10-18(29)25-23(27)31)35-24(20,13-28)12-15(3)34-19/h5-11,14-16,19-21,28H,12-13H2,1-4H3,(H,26,32)(H,25,29,31)/t15-,16-,19+,20-,21+,24+,38+/m0/s1. The number of hydrogen-bond donors (Lipinski definition) is 3. The van der Waals surface area contributed by atoms with Gasteiger partial charge in [0.15, 0.2) is 6.23 Å². The smallest absolute Gasteiger partial charge is 0.459 e. The average molecular weight is 554 g/mol. The van der Waals surface area contributed by atoms with Crippen LogP contribution in [0, 0.1) is 0 Å². The van der Waals surface area contributed by atoms with Crippen molar-refractivity contribution in [2.24, 2.45) is 0 Å². The highest BCUT2D eigenvalue weighted by Crippen LogP contribution is 2.55. The highest BCUT2D eigenvalue weighted by Gasteiger charge is 2.63. The number of nitrogens with zero attached hydrogens (tertiary/aromatic N) is 1. The van der Waals surface area contributed by atoms with Gasteiger partial charge in [-0.3, -0.25) is 23.7 Å². The predicted molar refractivity (Wildman–Crippen MR) is 134 cm³/mol. The molecule has 3 heterocycles. The lowest BCUT2D eigenvalue weighted by molar-refractivity contribution is -0.155. The van der Waals surface area contributed by atoms with E-state index in [9.17, 15) is 24.1 Å². The molecular formula is C24H32N3O10P. The highest BCUT2D eigenvalue weighted by molar-refractivity contribution is 7.52. The van der Waals surface area contributed by atoms with Gasteiger partial charge in [0.25, 0.3) is 5.56 Å². The Hall–Kier alpha value is -2.80. The van der Waals surface area contributed by atoms with Gasteiger partial charge in [-0.05, 0) is 39.8 Å². The normalized spacial score (nSPS) is 29.0. The minimum absolute atomic E-state index is 0.134. The van der Waals surface area contributed by atoms with Crippen molar-refractivity contribution in [3.63, 3.8) is 0 Å². The number of para-hydroxylation sites is 1. The molecule has 0 amide bonds. The fraction of sp³-hybridized carbons (Fsp3) is 0.542. The van der Waals surface area contributed by atoms with Crippen LogP contribution in [0.2, 0.25) is 0 Å². The summed E-state index contributed by atoms with van der Waals surface area (Å²) in [4.78, 5) is 38.8. The van der Waals surface area contributed by atoms with Crippen LogP contribution in [0.1, 0.15) is 40.3 Å². The number of esters is 1. The van der Waals surface area contributed by atoms with Gasteiger partial charge in [0.05, 0.1) is 18.8 Å². The van der Waals surface area contributed by atoms with E-state index in [1.165, 1.54) is 13.1 Å². The lowest BCUT2D eigenvalue weighted by atomic mass is 9.87. The van der Waals surface area contributed by atoms with Gasteiger partial charge in [0.1, 0.15) is 29.6 Å². The number of aliphatic hydroxyl groups excluding tert-OH is 1. The number of hydrogen-bond acceptors (Lipinski definition) is 10. The van der Waals surface area contributed by atoms with Crippen molar-refractivity contribution >= 4 is 13.7 Å². The summed E-state index contributed by atoms with van der Waals surface area (Å²) in [6, 6.07) is 8.24. The molecule has 0 radical (unpaired) electrons. The Morgan fingerprint density at radius 1 is 1.26 bits per heavy atom. The van der Waals surface area contributed by atoms with Crippen molar-refractivity contribution in [1.29, 1.82) is 0 Å². The summed E-state index contributed by atoms with van der Waals surface area (Å²) < 4.78 is 44.6. The number of aliphatic hydroxyl groups is 1. The first kappa shape index (κ1) is 28.2. The summed E-state index contributed by atoms with van der Waals surface area (Å²) in [5.41, 5.74) is -2.80. The van der Waals surface area contributed by atoms with Crippen LogP contribution in [0.5, 0.6) is 5.75 Å². The van der Waals surface area contributed by atoms with Crippen molar-refractivity contribution in [3.8, 4) is 5.75 Å². The molecule has 2 aromatic rings. The van der Waals surface area contributed by atoms with Crippen LogP contribution in [0.3, 0.4) is 0 Å². The van der Waals surface area contributed by atoms with E-state index in [4.69, 9.17) is 23.3 Å². The van der Waals surface area contributed by atoms with Crippen LogP contribution >= 0.6 is 7.75 Å². The van der Waals surface area contributed by atoms with E-state index in [2.05, 4.69) is 10.1 Å². The molecular weight excluding hydrogens is 521 g/mol. The molecule has 1 aromatic carbocycles. The summed E-state index contributed by atoms with van der Waals surface area (Å²) in [5, 5.41) is 13.1. The van der Waals surface area contributed by atoms with E-state index in [0.717, 1.165) is 10.6 Å². The summed E-state index contributed by atoms with van der Waals surface area (Å²) in [7, 11) is -4.38. The Bertz CT molecular complexity index is 1300. The Kier molecular flexibility index (Phi) is 8.26. The van der Waals surface area contributed by atoms with Crippen molar-refractivity contribution in [2.75, 3.05) is 6.61 Å². The van der Waals surface area contributed by atoms with E-state index in [1.807, 2.05) is 0 Å². The number of aromatic amines is 1. The summed E-state index contributed by atoms with van der Waals surface area (Å²) in [6.45, 7) is 6.01. The van der Waals surface area contributed by atoms with Gasteiger partial charge in [0.2, 0.25) is 0 Å². The van der Waals surface area contributed by atoms with Gasteiger partial charge in [-0.15, -0.1) is 0 Å². The molecule has 3 N–H and O–H groups in total. The van der Waals surface area contributed by atoms with Crippen molar-refractivity contribution in [2.45, 2.75) is 76.4 Å². The fourth-order valence-electron chi connectivity index (χ4n) is 4.59. The Morgan fingerprint density at radius 2 is 1.97 bits per heavy atom.